The lowest BCUT2D eigenvalue weighted by molar-refractivity contribution is -0.155. The minimum absolute atomic E-state index is 0.0224. The van der Waals surface area contributed by atoms with E-state index in [1.54, 1.807) is 30.3 Å². The Labute approximate surface area is 412 Å². The molecule has 1 spiro atoms. The van der Waals surface area contributed by atoms with Gasteiger partial charge in [0.05, 0.1) is 29.5 Å². The Hall–Kier alpha value is -5.35. The van der Waals surface area contributed by atoms with Gasteiger partial charge in [0.15, 0.2) is 0 Å². The Morgan fingerprint density at radius 2 is 1.81 bits per heavy atom. The number of ether oxygens (including phenoxy) is 2. The number of aromatic nitrogens is 2. The quantitative estimate of drug-likeness (QED) is 0.100. The fourth-order valence-electron chi connectivity index (χ4n) is 12.3. The van der Waals surface area contributed by atoms with E-state index in [0.717, 1.165) is 70.0 Å². The second kappa shape index (κ2) is 19.0. The number of esters is 1. The van der Waals surface area contributed by atoms with Crippen molar-refractivity contribution >= 4 is 34.6 Å². The van der Waals surface area contributed by atoms with Gasteiger partial charge >= 0.3 is 5.97 Å². The lowest BCUT2D eigenvalue weighted by atomic mass is 9.84. The van der Waals surface area contributed by atoms with E-state index >= 15 is 0 Å². The first-order valence-electron chi connectivity index (χ1n) is 25.9. The normalized spacial score (nSPS) is 27.0. The molecule has 7 heterocycles. The van der Waals surface area contributed by atoms with Crippen LogP contribution in [-0.2, 0) is 48.0 Å². The van der Waals surface area contributed by atoms with Gasteiger partial charge in [-0.15, -0.1) is 0 Å². The maximum absolute atomic E-state index is 14.9. The number of fused-ring (bicyclic) bond motifs is 6. The number of phenols is 1. The second-order valence-electron chi connectivity index (χ2n) is 22.4. The Kier molecular flexibility index (Phi) is 13.1. The molecule has 7 atom stereocenters. The number of aromatic hydroxyl groups is 1. The van der Waals surface area contributed by atoms with Crippen LogP contribution in [0, 0.1) is 22.7 Å². The molecule has 0 radical (unpaired) electrons. The average molecular weight is 957 g/mol. The molecule has 15 nitrogen and oxygen atoms in total. The minimum atomic E-state index is -1.10. The topological polar surface area (TPSA) is 181 Å². The van der Waals surface area contributed by atoms with Crippen molar-refractivity contribution in [1.29, 1.82) is 0 Å². The number of hydrogen-bond acceptors (Lipinski definition) is 11. The molecule has 4 saturated heterocycles. The summed E-state index contributed by atoms with van der Waals surface area (Å²) in [6.07, 6.45) is 7.23. The molecule has 374 valence electrons. The molecule has 2 aromatic carbocycles. The molecule has 4 aromatic rings. The second-order valence-corrected chi connectivity index (χ2v) is 22.4. The van der Waals surface area contributed by atoms with Crippen LogP contribution in [-0.4, -0.2) is 130 Å². The fourth-order valence-corrected chi connectivity index (χ4v) is 12.3. The monoisotopic (exact) mass is 957 g/mol. The van der Waals surface area contributed by atoms with Crippen LogP contribution < -0.4 is 16.1 Å². The van der Waals surface area contributed by atoms with Crippen molar-refractivity contribution in [2.24, 2.45) is 22.7 Å². The summed E-state index contributed by atoms with van der Waals surface area (Å²) in [6.45, 7) is 16.4. The molecule has 6 aliphatic rings. The highest BCUT2D eigenvalue weighted by Gasteiger charge is 2.55. The third kappa shape index (κ3) is 9.34. The number of amides is 3. The van der Waals surface area contributed by atoms with Gasteiger partial charge in [-0.25, -0.2) is 5.43 Å². The van der Waals surface area contributed by atoms with E-state index in [2.05, 4.69) is 70.6 Å². The lowest BCUT2D eigenvalue weighted by Crippen LogP contribution is -2.62. The summed E-state index contributed by atoms with van der Waals surface area (Å²) in [5.41, 5.74) is 9.33. The van der Waals surface area contributed by atoms with E-state index in [1.807, 2.05) is 32.9 Å². The van der Waals surface area contributed by atoms with Crippen LogP contribution in [0.15, 0.2) is 54.7 Å². The van der Waals surface area contributed by atoms with Crippen LogP contribution >= 0.6 is 0 Å². The van der Waals surface area contributed by atoms with E-state index in [4.69, 9.17) is 14.5 Å². The zero-order valence-electron chi connectivity index (χ0n) is 42.1. The molecular formula is C55H72N8O7. The molecule has 70 heavy (non-hydrogen) atoms. The largest absolute Gasteiger partial charge is 0.508 e. The van der Waals surface area contributed by atoms with Crippen LogP contribution in [0.1, 0.15) is 103 Å². The Bertz CT molecular complexity index is 2680. The number of hydrogen-bond donors (Lipinski definition) is 4. The van der Waals surface area contributed by atoms with Gasteiger partial charge in [0.2, 0.25) is 11.8 Å². The first-order chi connectivity index (χ1) is 33.6. The van der Waals surface area contributed by atoms with Crippen molar-refractivity contribution in [3.63, 3.8) is 0 Å². The first-order valence-corrected chi connectivity index (χ1v) is 25.9. The highest BCUT2D eigenvalue weighted by atomic mass is 16.5. The molecule has 0 unspecified atom stereocenters. The number of pyridine rings is 1. The molecule has 1 aliphatic carbocycles. The van der Waals surface area contributed by atoms with Gasteiger partial charge in [0.25, 0.3) is 5.91 Å². The Morgan fingerprint density at radius 3 is 2.57 bits per heavy atom. The van der Waals surface area contributed by atoms with E-state index in [9.17, 15) is 24.3 Å². The molecular weight excluding hydrogens is 885 g/mol. The number of nitrogens with one attached hydrogen (secondary N) is 3. The predicted molar refractivity (Wildman–Crippen MR) is 267 cm³/mol. The van der Waals surface area contributed by atoms with E-state index in [0.29, 0.717) is 69.5 Å². The zero-order chi connectivity index (χ0) is 49.2. The molecule has 6 bridgehead atoms. The van der Waals surface area contributed by atoms with Crippen molar-refractivity contribution in [3.8, 4) is 28.1 Å². The average Bonchev–Trinajstić information content (AvgIpc) is 4.25. The van der Waals surface area contributed by atoms with Crippen molar-refractivity contribution < 1.29 is 33.8 Å². The standard InChI is InChI=1S/C55H72N8O7/c1-8-61-45-16-15-36-27-40(45)41(49(61)39-11-9-19-56-46(39)33(4)69-7)28-54(5,6)31-70-52(67)42-12-10-20-63(59-42)51(66)43(25-34-23-37(36)26-38(64)24-34)58-50(65)48(32(2)3)62-22-18-55(53(62)68)17-21-60(30-55)29-44-47(57-44)35-13-14-35/h9,11,15-16,19,23-24,26-27,32-33,35,42-44,47-48,57,59,64H,8,10,12-14,17-18,20-22,25,28-31H2,1-7H3,(H,58,65)/t33-,42-,43-,44-,47+,48-,55-/m0/s1. The third-order valence-corrected chi connectivity index (χ3v) is 16.2. The maximum Gasteiger partial charge on any atom is 0.324 e. The van der Waals surface area contributed by atoms with Crippen molar-refractivity contribution in [2.45, 2.75) is 136 Å². The molecule has 5 fully saturated rings. The smallest absolute Gasteiger partial charge is 0.324 e. The van der Waals surface area contributed by atoms with Crippen molar-refractivity contribution in [3.05, 3.63) is 71.5 Å². The lowest BCUT2D eigenvalue weighted by Gasteiger charge is -2.37. The number of carbonyl (C=O) groups excluding carboxylic acids is 4. The summed E-state index contributed by atoms with van der Waals surface area (Å²) in [7, 11) is 1.69. The third-order valence-electron chi connectivity index (χ3n) is 16.2. The minimum Gasteiger partial charge on any atom is -0.508 e. The number of hydrazine groups is 1. The number of nitrogens with zero attached hydrogens (tertiary/aromatic N) is 5. The summed E-state index contributed by atoms with van der Waals surface area (Å²) in [4.78, 5) is 67.4. The predicted octanol–water partition coefficient (Wildman–Crippen LogP) is 6.15. The summed E-state index contributed by atoms with van der Waals surface area (Å²) >= 11 is 0. The molecule has 1 saturated carbocycles. The van der Waals surface area contributed by atoms with Gasteiger partial charge in [-0.2, -0.15) is 0 Å². The number of methoxy groups -OCH3 is 1. The SMILES string of the molecule is CCn1c(-c2cccnc2[C@H](C)OC)c2c3cc(ccc31)-c1cc(O)cc(c1)C[C@H](NC(=O)[C@H](C(C)C)N1CC[C@]3(CCN(C[C@@H]4N[C@@H]4C4CC4)C3)C1=O)C(=O)N1CCC[C@H](N1)C(=O)OCC(C)(C)C2. The van der Waals surface area contributed by atoms with E-state index < -0.39 is 46.7 Å². The van der Waals surface area contributed by atoms with Gasteiger partial charge in [0, 0.05) is 86.4 Å². The maximum atomic E-state index is 14.9. The van der Waals surface area contributed by atoms with E-state index in [-0.39, 0.29) is 36.7 Å². The van der Waals surface area contributed by atoms with Crippen LogP contribution in [0.3, 0.4) is 0 Å². The summed E-state index contributed by atoms with van der Waals surface area (Å²) in [6, 6.07) is 14.2. The van der Waals surface area contributed by atoms with Crippen molar-refractivity contribution in [2.75, 3.05) is 46.4 Å². The van der Waals surface area contributed by atoms with E-state index in [1.165, 1.54) is 17.9 Å². The van der Waals surface area contributed by atoms with Gasteiger partial charge in [0.1, 0.15) is 23.9 Å². The highest BCUT2D eigenvalue weighted by molar-refractivity contribution is 5.96. The summed E-state index contributed by atoms with van der Waals surface area (Å²) < 4.78 is 14.3. The molecule has 5 aliphatic heterocycles. The number of phenolic OH excluding ortho intramolecular Hbond substituents is 1. The number of benzene rings is 2. The van der Waals surface area contributed by atoms with Crippen LogP contribution in [0.25, 0.3) is 33.3 Å². The number of cyclic esters (lactones) is 1. The fraction of sp³-hybridized carbons (Fsp3) is 0.582. The first kappa shape index (κ1) is 48.3. The highest BCUT2D eigenvalue weighted by Crippen LogP contribution is 2.45. The zero-order valence-corrected chi connectivity index (χ0v) is 42.1. The van der Waals surface area contributed by atoms with Crippen LogP contribution in [0.5, 0.6) is 5.75 Å². The molecule has 4 N–H and O–H groups in total. The number of rotatable bonds is 11. The van der Waals surface area contributed by atoms with Crippen LogP contribution in [0.4, 0.5) is 0 Å². The molecule has 10 rings (SSSR count). The number of carbonyl (C=O) groups is 4. The number of likely N-dealkylation sites (tertiary alicyclic amines) is 2. The molecule has 15 heteroatoms. The van der Waals surface area contributed by atoms with Gasteiger partial charge < -0.3 is 39.6 Å². The number of aryl methyl sites for hydroxylation is 1. The Morgan fingerprint density at radius 1 is 1.01 bits per heavy atom. The Balaban J connectivity index is 0.991. The molecule has 2 aromatic heterocycles. The molecule has 3 amide bonds. The summed E-state index contributed by atoms with van der Waals surface area (Å²) in [5, 5.41) is 20.7. The van der Waals surface area contributed by atoms with Crippen molar-refractivity contribution in [1.82, 2.24) is 40.4 Å². The van der Waals surface area contributed by atoms with Gasteiger partial charge in [-0.3, -0.25) is 29.2 Å². The van der Waals surface area contributed by atoms with Gasteiger partial charge in [-0.05, 0) is 136 Å². The van der Waals surface area contributed by atoms with Gasteiger partial charge in [-0.1, -0.05) is 39.8 Å². The van der Waals surface area contributed by atoms with Crippen LogP contribution in [0.2, 0.25) is 0 Å². The summed E-state index contributed by atoms with van der Waals surface area (Å²) in [5.74, 6) is -0.631.